The van der Waals surface area contributed by atoms with E-state index in [1.165, 1.54) is 0 Å². The summed E-state index contributed by atoms with van der Waals surface area (Å²) in [5, 5.41) is 21.3. The lowest BCUT2D eigenvalue weighted by Crippen LogP contribution is -2.38. The van der Waals surface area contributed by atoms with Crippen molar-refractivity contribution in [3.63, 3.8) is 0 Å². The average Bonchev–Trinajstić information content (AvgIpc) is 3.12. The van der Waals surface area contributed by atoms with Crippen molar-refractivity contribution in [2.45, 2.75) is 57.4 Å². The first-order chi connectivity index (χ1) is 8.71. The zero-order chi connectivity index (χ0) is 12.6. The minimum Gasteiger partial charge on any atom is -0.481 e. The lowest BCUT2D eigenvalue weighted by Gasteiger charge is -2.32. The molecule has 1 heterocycles. The van der Waals surface area contributed by atoms with Crippen LogP contribution in [0.2, 0.25) is 0 Å². The monoisotopic (exact) mass is 250 g/mol. The third kappa shape index (κ3) is 2.00. The number of tetrazole rings is 1. The zero-order valence-corrected chi connectivity index (χ0v) is 10.4. The van der Waals surface area contributed by atoms with Gasteiger partial charge in [0.1, 0.15) is 0 Å². The van der Waals surface area contributed by atoms with E-state index < -0.39 is 11.4 Å². The maximum Gasteiger partial charge on any atom is 0.311 e. The van der Waals surface area contributed by atoms with Crippen LogP contribution in [0.4, 0.5) is 0 Å². The van der Waals surface area contributed by atoms with E-state index in [2.05, 4.69) is 15.5 Å². The van der Waals surface area contributed by atoms with Crippen LogP contribution >= 0.6 is 0 Å². The Bertz CT molecular complexity index is 447. The van der Waals surface area contributed by atoms with E-state index in [9.17, 15) is 9.90 Å². The van der Waals surface area contributed by atoms with Gasteiger partial charge in [0.25, 0.3) is 0 Å². The molecular weight excluding hydrogens is 232 g/mol. The van der Waals surface area contributed by atoms with Crippen molar-refractivity contribution in [3.8, 4) is 0 Å². The van der Waals surface area contributed by atoms with Gasteiger partial charge in [0.05, 0.1) is 12.0 Å². The molecule has 1 aromatic heterocycles. The molecule has 2 aliphatic rings. The molecule has 6 nitrogen and oxygen atoms in total. The third-order valence-corrected chi connectivity index (χ3v) is 4.22. The number of carboxylic acid groups (broad SMARTS) is 1. The largest absolute Gasteiger partial charge is 0.481 e. The Hall–Kier alpha value is -1.46. The Balaban J connectivity index is 1.83. The fourth-order valence-corrected chi connectivity index (χ4v) is 2.91. The summed E-state index contributed by atoms with van der Waals surface area (Å²) in [6.45, 7) is 0.432. The molecule has 0 spiro atoms. The van der Waals surface area contributed by atoms with Crippen LogP contribution in [0.5, 0.6) is 0 Å². The van der Waals surface area contributed by atoms with E-state index in [0.717, 1.165) is 50.8 Å². The molecular formula is C12H18N4O2. The third-order valence-electron chi connectivity index (χ3n) is 4.22. The first kappa shape index (κ1) is 11.6. The van der Waals surface area contributed by atoms with Gasteiger partial charge in [-0.15, -0.1) is 5.10 Å². The van der Waals surface area contributed by atoms with Gasteiger partial charge in [0.15, 0.2) is 5.82 Å². The summed E-state index contributed by atoms with van der Waals surface area (Å²) in [5.41, 5.74) is -0.655. The summed E-state index contributed by atoms with van der Waals surface area (Å²) in [6, 6.07) is 0. The molecule has 1 aromatic rings. The van der Waals surface area contributed by atoms with Gasteiger partial charge >= 0.3 is 5.97 Å². The van der Waals surface area contributed by atoms with Gasteiger partial charge < -0.3 is 5.11 Å². The van der Waals surface area contributed by atoms with E-state index >= 15 is 0 Å². The van der Waals surface area contributed by atoms with Gasteiger partial charge in [-0.2, -0.15) is 0 Å². The number of carbonyl (C=O) groups is 1. The number of aromatic nitrogens is 4. The Morgan fingerprint density at radius 1 is 1.33 bits per heavy atom. The second kappa shape index (κ2) is 4.33. The van der Waals surface area contributed by atoms with Crippen molar-refractivity contribution in [1.82, 2.24) is 20.2 Å². The normalized spacial score (nSPS) is 22.9. The van der Waals surface area contributed by atoms with Crippen molar-refractivity contribution >= 4 is 5.97 Å². The SMILES string of the molecule is O=C(O)C1(Cn2nnnc2C2CC2)CCCCC1. The first-order valence-corrected chi connectivity index (χ1v) is 6.71. The molecule has 0 aromatic carbocycles. The highest BCUT2D eigenvalue weighted by atomic mass is 16.4. The number of aliphatic carboxylic acids is 1. The van der Waals surface area contributed by atoms with Crippen molar-refractivity contribution in [2.24, 2.45) is 5.41 Å². The minimum atomic E-state index is -0.695. The van der Waals surface area contributed by atoms with Crippen LogP contribution in [0.1, 0.15) is 56.7 Å². The lowest BCUT2D eigenvalue weighted by molar-refractivity contribution is -0.152. The molecule has 2 saturated carbocycles. The zero-order valence-electron chi connectivity index (χ0n) is 10.4. The highest BCUT2D eigenvalue weighted by Gasteiger charge is 2.42. The number of nitrogens with zero attached hydrogens (tertiary/aromatic N) is 4. The molecule has 0 atom stereocenters. The van der Waals surface area contributed by atoms with Crippen LogP contribution in [0.15, 0.2) is 0 Å². The van der Waals surface area contributed by atoms with Crippen molar-refractivity contribution in [3.05, 3.63) is 5.82 Å². The van der Waals surface area contributed by atoms with E-state index in [0.29, 0.717) is 12.5 Å². The van der Waals surface area contributed by atoms with Crippen LogP contribution < -0.4 is 0 Å². The fraction of sp³-hybridized carbons (Fsp3) is 0.833. The van der Waals surface area contributed by atoms with Crippen molar-refractivity contribution < 1.29 is 9.90 Å². The summed E-state index contributed by atoms with van der Waals surface area (Å²) in [7, 11) is 0. The second-order valence-electron chi connectivity index (χ2n) is 5.62. The molecule has 0 saturated heterocycles. The van der Waals surface area contributed by atoms with Gasteiger partial charge in [0, 0.05) is 5.92 Å². The number of rotatable bonds is 4. The summed E-state index contributed by atoms with van der Waals surface area (Å²) in [6.07, 6.45) is 6.86. The fourth-order valence-electron chi connectivity index (χ4n) is 2.91. The first-order valence-electron chi connectivity index (χ1n) is 6.71. The minimum absolute atomic E-state index is 0.432. The van der Waals surface area contributed by atoms with E-state index in [1.54, 1.807) is 4.68 Å². The molecule has 18 heavy (non-hydrogen) atoms. The number of hydrogen-bond acceptors (Lipinski definition) is 4. The smallest absolute Gasteiger partial charge is 0.311 e. The standard InChI is InChI=1S/C12H18N4O2/c17-11(18)12(6-2-1-3-7-12)8-16-10(9-4-5-9)13-14-15-16/h9H,1-8H2,(H,17,18). The van der Waals surface area contributed by atoms with Gasteiger partial charge in [-0.05, 0) is 36.1 Å². The van der Waals surface area contributed by atoms with Gasteiger partial charge in [-0.3, -0.25) is 4.79 Å². The van der Waals surface area contributed by atoms with Crippen LogP contribution in [-0.2, 0) is 11.3 Å². The van der Waals surface area contributed by atoms with Gasteiger partial charge in [-0.25, -0.2) is 4.68 Å². The Morgan fingerprint density at radius 3 is 2.67 bits per heavy atom. The number of hydrogen-bond donors (Lipinski definition) is 1. The van der Waals surface area contributed by atoms with E-state index in [-0.39, 0.29) is 0 Å². The highest BCUT2D eigenvalue weighted by Crippen LogP contribution is 2.41. The Morgan fingerprint density at radius 2 is 2.06 bits per heavy atom. The lowest BCUT2D eigenvalue weighted by atomic mass is 9.74. The molecule has 98 valence electrons. The van der Waals surface area contributed by atoms with E-state index in [1.807, 2.05) is 0 Å². The predicted molar refractivity (Wildman–Crippen MR) is 62.9 cm³/mol. The van der Waals surface area contributed by atoms with Crippen LogP contribution in [0.25, 0.3) is 0 Å². The Kier molecular flexibility index (Phi) is 2.80. The average molecular weight is 250 g/mol. The summed E-state index contributed by atoms with van der Waals surface area (Å²) in [5.74, 6) is 0.634. The topological polar surface area (TPSA) is 80.9 Å². The molecule has 0 aliphatic heterocycles. The molecule has 0 unspecified atom stereocenters. The quantitative estimate of drug-likeness (QED) is 0.877. The molecule has 2 fully saturated rings. The summed E-state index contributed by atoms with van der Waals surface area (Å²) in [4.78, 5) is 11.6. The van der Waals surface area contributed by atoms with E-state index in [4.69, 9.17) is 0 Å². The molecule has 6 heteroatoms. The van der Waals surface area contributed by atoms with Crippen LogP contribution in [0.3, 0.4) is 0 Å². The second-order valence-corrected chi connectivity index (χ2v) is 5.62. The van der Waals surface area contributed by atoms with Gasteiger partial charge in [-0.1, -0.05) is 19.3 Å². The highest BCUT2D eigenvalue weighted by molar-refractivity contribution is 5.74. The summed E-state index contributed by atoms with van der Waals surface area (Å²) < 4.78 is 1.73. The van der Waals surface area contributed by atoms with Gasteiger partial charge in [0.2, 0.25) is 0 Å². The molecule has 0 amide bonds. The molecule has 1 N–H and O–H groups in total. The van der Waals surface area contributed by atoms with Crippen molar-refractivity contribution in [2.75, 3.05) is 0 Å². The maximum absolute atomic E-state index is 11.6. The molecule has 0 bridgehead atoms. The predicted octanol–water partition coefficient (Wildman–Crippen LogP) is 1.59. The molecule has 3 rings (SSSR count). The van der Waals surface area contributed by atoms with Crippen LogP contribution in [-0.4, -0.2) is 31.3 Å². The number of carboxylic acids is 1. The van der Waals surface area contributed by atoms with Crippen LogP contribution in [0, 0.1) is 5.41 Å². The molecule has 0 radical (unpaired) electrons. The van der Waals surface area contributed by atoms with Crippen molar-refractivity contribution in [1.29, 1.82) is 0 Å². The Labute approximate surface area is 105 Å². The maximum atomic E-state index is 11.6. The molecule has 2 aliphatic carbocycles. The summed E-state index contributed by atoms with van der Waals surface area (Å²) >= 11 is 0.